The van der Waals surface area contributed by atoms with Gasteiger partial charge in [-0.3, -0.25) is 0 Å². The van der Waals surface area contributed by atoms with Crippen molar-refractivity contribution < 1.29 is 17.9 Å². The molecule has 0 aliphatic rings. The minimum Gasteiger partial charge on any atom is -0.493 e. The van der Waals surface area contributed by atoms with Gasteiger partial charge in [0.1, 0.15) is 0 Å². The molecule has 1 aromatic rings. The first kappa shape index (κ1) is 17.8. The second-order valence-corrected chi connectivity index (χ2v) is 6.70. The number of ether oxygens (including phenoxy) is 2. The van der Waals surface area contributed by atoms with Gasteiger partial charge in [0.25, 0.3) is 0 Å². The average Bonchev–Trinajstić information content (AvgIpc) is 2.45. The van der Waals surface area contributed by atoms with E-state index in [1.54, 1.807) is 7.11 Å². The molecule has 21 heavy (non-hydrogen) atoms. The van der Waals surface area contributed by atoms with E-state index in [1.165, 1.54) is 5.56 Å². The van der Waals surface area contributed by atoms with Crippen LogP contribution in [0, 0.1) is 0 Å². The van der Waals surface area contributed by atoms with Crippen LogP contribution in [0.4, 0.5) is 0 Å². The lowest BCUT2D eigenvalue weighted by Crippen LogP contribution is -2.16. The molecule has 1 aromatic carbocycles. The standard InChI is InChI=1S/C15H25NO4S/c1-3-13-8-9-14(15(12-13)19-2)20-10-6-4-5-7-11-21(16,17)18/h8-9,12H,3-7,10-11H2,1-2H3,(H2,16,17,18). The van der Waals surface area contributed by atoms with Crippen molar-refractivity contribution in [3.8, 4) is 11.5 Å². The molecule has 0 saturated carbocycles. The molecule has 0 atom stereocenters. The lowest BCUT2D eigenvalue weighted by atomic mass is 10.1. The van der Waals surface area contributed by atoms with Crippen LogP contribution in [0.1, 0.15) is 38.2 Å². The number of unbranched alkanes of at least 4 members (excludes halogenated alkanes) is 3. The number of aryl methyl sites for hydroxylation is 1. The first-order chi connectivity index (χ1) is 9.96. The summed E-state index contributed by atoms with van der Waals surface area (Å²) < 4.78 is 32.6. The van der Waals surface area contributed by atoms with Gasteiger partial charge in [-0.25, -0.2) is 13.6 Å². The summed E-state index contributed by atoms with van der Waals surface area (Å²) in [5.41, 5.74) is 1.21. The van der Waals surface area contributed by atoms with Crippen molar-refractivity contribution >= 4 is 10.0 Å². The van der Waals surface area contributed by atoms with Crippen LogP contribution in [0.3, 0.4) is 0 Å². The van der Waals surface area contributed by atoms with E-state index in [-0.39, 0.29) is 5.75 Å². The van der Waals surface area contributed by atoms with Crippen LogP contribution in [0.25, 0.3) is 0 Å². The molecule has 0 spiro atoms. The molecule has 0 saturated heterocycles. The Bertz CT molecular complexity index is 528. The molecule has 6 heteroatoms. The minimum atomic E-state index is -3.32. The van der Waals surface area contributed by atoms with Crippen molar-refractivity contribution in [2.24, 2.45) is 5.14 Å². The first-order valence-corrected chi connectivity index (χ1v) is 8.98. The molecule has 5 nitrogen and oxygen atoms in total. The van der Waals surface area contributed by atoms with Crippen LogP contribution in [0.5, 0.6) is 11.5 Å². The van der Waals surface area contributed by atoms with Gasteiger partial charge in [0.15, 0.2) is 11.5 Å². The highest BCUT2D eigenvalue weighted by molar-refractivity contribution is 7.89. The van der Waals surface area contributed by atoms with Crippen molar-refractivity contribution in [2.45, 2.75) is 39.0 Å². The highest BCUT2D eigenvalue weighted by Gasteiger charge is 2.05. The molecule has 0 radical (unpaired) electrons. The van der Waals surface area contributed by atoms with Crippen LogP contribution in [0.2, 0.25) is 0 Å². The third-order valence-corrected chi connectivity index (χ3v) is 4.07. The molecular weight excluding hydrogens is 290 g/mol. The van der Waals surface area contributed by atoms with Gasteiger partial charge in [-0.1, -0.05) is 25.8 Å². The lowest BCUT2D eigenvalue weighted by molar-refractivity contribution is 0.285. The topological polar surface area (TPSA) is 78.6 Å². The molecule has 120 valence electrons. The molecule has 0 fully saturated rings. The SMILES string of the molecule is CCc1ccc(OCCCCCCS(N)(=O)=O)c(OC)c1. The van der Waals surface area contributed by atoms with Gasteiger partial charge in [0.05, 0.1) is 19.5 Å². The Balaban J connectivity index is 2.26. The maximum atomic E-state index is 10.8. The summed E-state index contributed by atoms with van der Waals surface area (Å²) in [7, 11) is -1.69. The van der Waals surface area contributed by atoms with Crippen molar-refractivity contribution in [3.05, 3.63) is 23.8 Å². The molecule has 0 aliphatic carbocycles. The number of hydrogen-bond donors (Lipinski definition) is 1. The fraction of sp³-hybridized carbons (Fsp3) is 0.600. The van der Waals surface area contributed by atoms with Gasteiger partial charge in [-0.2, -0.15) is 0 Å². The second-order valence-electron chi connectivity index (χ2n) is 4.97. The summed E-state index contributed by atoms with van der Waals surface area (Å²) in [5.74, 6) is 1.56. The Labute approximate surface area is 127 Å². The van der Waals surface area contributed by atoms with E-state index in [4.69, 9.17) is 14.6 Å². The van der Waals surface area contributed by atoms with Crippen LogP contribution < -0.4 is 14.6 Å². The van der Waals surface area contributed by atoms with E-state index in [2.05, 4.69) is 6.92 Å². The highest BCUT2D eigenvalue weighted by Crippen LogP contribution is 2.28. The fourth-order valence-electron chi connectivity index (χ4n) is 1.99. The van der Waals surface area contributed by atoms with Gasteiger partial charge in [-0.15, -0.1) is 0 Å². The summed E-state index contributed by atoms with van der Waals surface area (Å²) in [6.45, 7) is 2.69. The predicted molar refractivity (Wildman–Crippen MR) is 84.3 cm³/mol. The molecule has 0 aromatic heterocycles. The fourth-order valence-corrected chi connectivity index (χ4v) is 2.60. The Hall–Kier alpha value is -1.27. The minimum absolute atomic E-state index is 0.0557. The van der Waals surface area contributed by atoms with Crippen LogP contribution in [0.15, 0.2) is 18.2 Å². The third-order valence-electron chi connectivity index (χ3n) is 3.22. The van der Waals surface area contributed by atoms with Crippen molar-refractivity contribution in [2.75, 3.05) is 19.5 Å². The molecule has 0 bridgehead atoms. The van der Waals surface area contributed by atoms with Gasteiger partial charge < -0.3 is 9.47 Å². The van der Waals surface area contributed by atoms with E-state index < -0.39 is 10.0 Å². The number of rotatable bonds is 10. The largest absolute Gasteiger partial charge is 0.493 e. The summed E-state index contributed by atoms with van der Waals surface area (Å²) in [6, 6.07) is 5.95. The van der Waals surface area contributed by atoms with Gasteiger partial charge >= 0.3 is 0 Å². The monoisotopic (exact) mass is 315 g/mol. The maximum absolute atomic E-state index is 10.8. The van der Waals surface area contributed by atoms with Crippen LogP contribution >= 0.6 is 0 Å². The number of nitrogens with two attached hydrogens (primary N) is 1. The number of sulfonamides is 1. The predicted octanol–water partition coefficient (Wildman–Crippen LogP) is 2.49. The van der Waals surface area contributed by atoms with E-state index in [9.17, 15) is 8.42 Å². The van der Waals surface area contributed by atoms with Gasteiger partial charge in [0.2, 0.25) is 10.0 Å². The second kappa shape index (κ2) is 8.89. The Morgan fingerprint density at radius 1 is 1.10 bits per heavy atom. The lowest BCUT2D eigenvalue weighted by Gasteiger charge is -2.11. The molecule has 0 amide bonds. The molecular formula is C15H25NO4S. The first-order valence-electron chi connectivity index (χ1n) is 7.26. The molecule has 2 N–H and O–H groups in total. The van der Waals surface area contributed by atoms with Crippen LogP contribution in [-0.4, -0.2) is 27.9 Å². The third kappa shape index (κ3) is 7.34. The normalized spacial score (nSPS) is 11.4. The number of benzene rings is 1. The van der Waals surface area contributed by atoms with E-state index in [1.807, 2.05) is 18.2 Å². The van der Waals surface area contributed by atoms with Crippen molar-refractivity contribution in [1.29, 1.82) is 0 Å². The van der Waals surface area contributed by atoms with E-state index in [0.717, 1.165) is 37.2 Å². The zero-order valence-corrected chi connectivity index (χ0v) is 13.6. The molecule has 0 aliphatic heterocycles. The Morgan fingerprint density at radius 3 is 2.43 bits per heavy atom. The quantitative estimate of drug-likeness (QED) is 0.673. The average molecular weight is 315 g/mol. The number of primary sulfonamides is 1. The summed E-state index contributed by atoms with van der Waals surface area (Å²) >= 11 is 0. The van der Waals surface area contributed by atoms with Gasteiger partial charge in [-0.05, 0) is 37.0 Å². The number of hydrogen-bond acceptors (Lipinski definition) is 4. The summed E-state index contributed by atoms with van der Waals surface area (Å²) in [4.78, 5) is 0. The van der Waals surface area contributed by atoms with Crippen molar-refractivity contribution in [1.82, 2.24) is 0 Å². The molecule has 0 heterocycles. The van der Waals surface area contributed by atoms with E-state index in [0.29, 0.717) is 13.0 Å². The highest BCUT2D eigenvalue weighted by atomic mass is 32.2. The van der Waals surface area contributed by atoms with Gasteiger partial charge in [0, 0.05) is 0 Å². The Kier molecular flexibility index (Phi) is 7.53. The smallest absolute Gasteiger partial charge is 0.209 e. The molecule has 0 unspecified atom stereocenters. The maximum Gasteiger partial charge on any atom is 0.209 e. The van der Waals surface area contributed by atoms with Crippen molar-refractivity contribution in [3.63, 3.8) is 0 Å². The zero-order chi connectivity index (χ0) is 15.7. The molecule has 1 rings (SSSR count). The number of methoxy groups -OCH3 is 1. The summed E-state index contributed by atoms with van der Waals surface area (Å²) in [6.07, 6.45) is 4.20. The summed E-state index contributed by atoms with van der Waals surface area (Å²) in [5, 5.41) is 4.94. The zero-order valence-electron chi connectivity index (χ0n) is 12.8. The van der Waals surface area contributed by atoms with Crippen LogP contribution in [-0.2, 0) is 16.4 Å². The Morgan fingerprint density at radius 2 is 1.81 bits per heavy atom. The van der Waals surface area contributed by atoms with E-state index >= 15 is 0 Å².